The number of carboxylic acid groups (broad SMARTS) is 1. The summed E-state index contributed by atoms with van der Waals surface area (Å²) in [5.74, 6) is -15.6. The molecule has 13 aliphatic rings. The van der Waals surface area contributed by atoms with Crippen LogP contribution in [0.25, 0.3) is 0 Å². The summed E-state index contributed by atoms with van der Waals surface area (Å²) in [5, 5.41) is 107. The second-order valence-electron chi connectivity index (χ2n) is 37.0. The molecule has 0 saturated carbocycles. The highest BCUT2D eigenvalue weighted by atomic mass is 32.2. The molecule has 13 heterocycles. The van der Waals surface area contributed by atoms with Gasteiger partial charge in [0.05, 0.1) is 88.0 Å². The van der Waals surface area contributed by atoms with Crippen LogP contribution in [0.5, 0.6) is 0 Å². The highest BCUT2D eigenvalue weighted by Crippen LogP contribution is 2.34. The molecule has 0 aromatic heterocycles. The number of hydrogen-bond donors (Lipinski definition) is 17. The van der Waals surface area contributed by atoms with E-state index in [4.69, 9.17) is 5.11 Å². The van der Waals surface area contributed by atoms with Gasteiger partial charge < -0.3 is 148 Å². The summed E-state index contributed by atoms with van der Waals surface area (Å²) in [6.07, 6.45) is -4.00. The van der Waals surface area contributed by atoms with Gasteiger partial charge in [-0.1, -0.05) is 0 Å². The maximum absolute atomic E-state index is 14.5. The number of thioether (sulfide) groups is 1. The van der Waals surface area contributed by atoms with Crippen LogP contribution in [0.15, 0.2) is 0 Å². The van der Waals surface area contributed by atoms with Crippen LogP contribution >= 0.6 is 11.8 Å². The van der Waals surface area contributed by atoms with Crippen LogP contribution in [0.4, 0.5) is 0 Å². The minimum atomic E-state index is -1.39. The van der Waals surface area contributed by atoms with Crippen LogP contribution in [0, 0.1) is 0 Å². The maximum atomic E-state index is 14.5. The first-order valence-corrected chi connectivity index (χ1v) is 47.8. The molecule has 13 aliphatic heterocycles. The minimum absolute atomic E-state index is 0.0158. The standard InChI is InChI=1S/C84H123N21O29S/c1-135-21-14-50(71(121)86-30-65(114)101-38-45(108)24-59(101)80(130)96-17-4-10-54(96)74(124)89-33-68(117)104-41-48(111)27-62(104)83(133)98-19-6-12-56(98)76(126)91-35-69(118)105-42-49(112)28-63(105)84(134)99-20-7-13-57(99)77(127)92-36-70(119)120)93-78(128)58-23-44(107)37-100(58)64(113)31-87-73(123)53-9-3-16-95(53)81(131)61-26-47(110)40-103(61)67(116)34-90-75(125)55-11-5-18-97(55)82(132)60-25-46(109)39-102(60)66(115)32-88-72(122)52-8-2-15-94(52)79(129)51-22-43(106)29-85-51/h43-63,85,106-112H,2-42H2,1H3,(H,86,121)(H,87,123)(H,88,122)(H,89,124)(H,90,125)(H,91,126)(H,92,127)(H,93,128)(H,119,120)/t43-,44-,45-,46-,47-,48-,49-,50+,51+,52+,53+,54+,55+,56+,57+,58+,59+,60+,61+,62+,63+/m1/s1. The van der Waals surface area contributed by atoms with Crippen molar-refractivity contribution < 1.29 is 142 Å². The third-order valence-corrected chi connectivity index (χ3v) is 28.5. The number of nitrogens with one attached hydrogen (secondary N) is 9. The van der Waals surface area contributed by atoms with E-state index in [1.807, 2.05) is 0 Å². The minimum Gasteiger partial charge on any atom is -0.480 e. The Balaban J connectivity index is 0.539. The Morgan fingerprint density at radius 3 is 0.770 bits per heavy atom. The number of aliphatic carboxylic acids is 1. The predicted molar refractivity (Wildman–Crippen MR) is 461 cm³/mol. The van der Waals surface area contributed by atoms with Crippen molar-refractivity contribution in [2.24, 2.45) is 0 Å². The third-order valence-electron chi connectivity index (χ3n) is 27.9. The monoisotopic (exact) mass is 1920 g/mol. The van der Waals surface area contributed by atoms with Crippen molar-refractivity contribution in [3.05, 3.63) is 0 Å². The fourth-order valence-electron chi connectivity index (χ4n) is 21.2. The Bertz CT molecular complexity index is 4580. The van der Waals surface area contributed by atoms with Gasteiger partial charge in [-0.15, -0.1) is 0 Å². The molecule has 0 unspecified atom stereocenters. The molecule has 13 rings (SSSR count). The number of rotatable bonds is 32. The number of likely N-dealkylation sites (tertiary alicyclic amines) is 12. The largest absolute Gasteiger partial charge is 0.480 e. The number of carboxylic acids is 1. The Hall–Kier alpha value is -11.1. The van der Waals surface area contributed by atoms with E-state index < -0.39 is 291 Å². The zero-order valence-corrected chi connectivity index (χ0v) is 75.9. The lowest BCUT2D eigenvalue weighted by molar-refractivity contribution is -0.148. The van der Waals surface area contributed by atoms with Gasteiger partial charge in [0.25, 0.3) is 0 Å². The van der Waals surface area contributed by atoms with Gasteiger partial charge >= 0.3 is 5.97 Å². The van der Waals surface area contributed by atoms with E-state index in [0.29, 0.717) is 51.5 Å². The lowest BCUT2D eigenvalue weighted by Gasteiger charge is -2.32. The summed E-state index contributed by atoms with van der Waals surface area (Å²) in [6.45, 7) is -5.86. The number of aliphatic hydroxyl groups is 7. The normalized spacial score (nSPS) is 30.1. The van der Waals surface area contributed by atoms with E-state index in [1.165, 1.54) is 41.2 Å². The first-order chi connectivity index (χ1) is 64.4. The average Bonchev–Trinajstić information content (AvgIpc) is 1.71. The number of amides is 20. The lowest BCUT2D eigenvalue weighted by Crippen LogP contribution is -2.57. The highest BCUT2D eigenvalue weighted by molar-refractivity contribution is 7.98. The molecule has 51 heteroatoms. The molecule has 744 valence electrons. The van der Waals surface area contributed by atoms with E-state index in [-0.39, 0.29) is 174 Å². The van der Waals surface area contributed by atoms with Crippen molar-refractivity contribution in [2.75, 3.05) is 143 Å². The molecule has 0 aromatic rings. The van der Waals surface area contributed by atoms with E-state index in [2.05, 4.69) is 47.9 Å². The van der Waals surface area contributed by atoms with Crippen LogP contribution in [0.2, 0.25) is 0 Å². The number of nitrogens with zero attached hydrogens (tertiary/aromatic N) is 12. The number of hydrogen-bond acceptors (Lipinski definition) is 30. The Morgan fingerprint density at radius 1 is 0.289 bits per heavy atom. The fourth-order valence-corrected chi connectivity index (χ4v) is 21.7. The van der Waals surface area contributed by atoms with Gasteiger partial charge in [-0.05, 0) is 102 Å². The smallest absolute Gasteiger partial charge is 0.322 e. The zero-order valence-electron chi connectivity index (χ0n) is 75.0. The topological polar surface area (TPSA) is 667 Å². The predicted octanol–water partition coefficient (Wildman–Crippen LogP) is -13.4. The van der Waals surface area contributed by atoms with Crippen molar-refractivity contribution >= 4 is 136 Å². The quantitative estimate of drug-likeness (QED) is 0.0297. The van der Waals surface area contributed by atoms with Crippen molar-refractivity contribution in [2.45, 2.75) is 256 Å². The fraction of sp³-hybridized carbons (Fsp3) is 0.750. The first-order valence-electron chi connectivity index (χ1n) is 46.4. The summed E-state index contributed by atoms with van der Waals surface area (Å²) in [5.41, 5.74) is 0. The molecule has 135 heavy (non-hydrogen) atoms. The maximum Gasteiger partial charge on any atom is 0.322 e. The van der Waals surface area contributed by atoms with Gasteiger partial charge in [-0.2, -0.15) is 11.8 Å². The molecule has 17 N–H and O–H groups in total. The zero-order chi connectivity index (χ0) is 97.2. The van der Waals surface area contributed by atoms with Gasteiger partial charge in [-0.25, -0.2) is 0 Å². The molecule has 0 aliphatic carbocycles. The Morgan fingerprint density at radius 2 is 0.526 bits per heavy atom. The number of carbonyl (C=O) groups excluding carboxylic acids is 20. The van der Waals surface area contributed by atoms with Crippen LogP contribution in [0.1, 0.15) is 128 Å². The average molecular weight is 1920 g/mol. The summed E-state index contributed by atoms with van der Waals surface area (Å²) in [4.78, 5) is 303. The molecule has 20 amide bonds. The Labute approximate surface area is 779 Å². The summed E-state index contributed by atoms with van der Waals surface area (Å²) < 4.78 is 0. The van der Waals surface area contributed by atoms with Crippen LogP contribution in [0.3, 0.4) is 0 Å². The van der Waals surface area contributed by atoms with Crippen molar-refractivity contribution in [1.82, 2.24) is 107 Å². The van der Waals surface area contributed by atoms with Crippen LogP contribution in [-0.4, -0.2) is 494 Å². The third kappa shape index (κ3) is 23.4. The van der Waals surface area contributed by atoms with Gasteiger partial charge in [-0.3, -0.25) is 101 Å². The molecule has 0 radical (unpaired) electrons. The van der Waals surface area contributed by atoms with Gasteiger partial charge in [0.1, 0.15) is 85.1 Å². The highest BCUT2D eigenvalue weighted by Gasteiger charge is 2.54. The van der Waals surface area contributed by atoms with Gasteiger partial charge in [0.15, 0.2) is 0 Å². The number of β-amino-alcohol motifs (C(OH)–C–C–N with tert-alkyl or cyclic N) is 7. The molecule has 0 spiro atoms. The summed E-state index contributed by atoms with van der Waals surface area (Å²) >= 11 is 1.30. The van der Waals surface area contributed by atoms with E-state index in [0.717, 1.165) is 29.4 Å². The molecule has 13 fully saturated rings. The van der Waals surface area contributed by atoms with Crippen molar-refractivity contribution in [3.63, 3.8) is 0 Å². The van der Waals surface area contributed by atoms with Gasteiger partial charge in [0.2, 0.25) is 118 Å². The van der Waals surface area contributed by atoms with Crippen LogP contribution < -0.4 is 47.9 Å². The second kappa shape index (κ2) is 44.8. The van der Waals surface area contributed by atoms with Crippen molar-refractivity contribution in [3.8, 4) is 0 Å². The van der Waals surface area contributed by atoms with Gasteiger partial charge in [0, 0.05) is 124 Å². The molecular formula is C84H123N21O29S. The number of carbonyl (C=O) groups is 21. The Kier molecular flexibility index (Phi) is 33.6. The summed E-state index contributed by atoms with van der Waals surface area (Å²) in [7, 11) is 0. The number of aliphatic hydroxyl groups excluding tert-OH is 7. The molecule has 0 aromatic carbocycles. The lowest BCUT2D eigenvalue weighted by atomic mass is 10.1. The van der Waals surface area contributed by atoms with E-state index in [1.54, 1.807) is 6.26 Å². The first kappa shape index (κ1) is 101. The van der Waals surface area contributed by atoms with Crippen molar-refractivity contribution in [1.29, 1.82) is 0 Å². The molecule has 0 bridgehead atoms. The van der Waals surface area contributed by atoms with Crippen LogP contribution in [-0.2, 0) is 101 Å². The molecule has 50 nitrogen and oxygen atoms in total. The SMILES string of the molecule is CSCC[C@H](NC(=O)[C@@H]1C[C@@H](O)CN1C(=O)CNC(=O)[C@@H]1CCCN1C(=O)[C@@H]1C[C@@H](O)CN1C(=O)CNC(=O)[C@@H]1CCCN1C(=O)[C@@H]1C[C@@H](O)CN1C(=O)CNC(=O)[C@@H]1CCCN1C(=O)[C@@H]1C[C@@H](O)CN1)C(=O)NCC(=O)N1C[C@H](O)C[C@H]1C(=O)N1CCC[C@H]1C(=O)NCC(=O)N1C[C@H](O)C[C@H]1C(=O)N1CCC[C@H]1C(=O)NCC(=O)N1C[C@H](O)C[C@H]1C(=O)N1CCC[C@H]1C(=O)NCC(=O)O. The summed E-state index contributed by atoms with van der Waals surface area (Å²) in [6, 6.07) is -16.3. The van der Waals surface area contributed by atoms with E-state index in [9.17, 15) is 136 Å². The molecule has 13 saturated heterocycles. The second-order valence-corrected chi connectivity index (χ2v) is 37.9. The van der Waals surface area contributed by atoms with E-state index >= 15 is 0 Å². The molecule has 21 atom stereocenters. The molecular weight excluding hydrogens is 1800 g/mol.